The summed E-state index contributed by atoms with van der Waals surface area (Å²) in [4.78, 5) is 10.6. The highest BCUT2D eigenvalue weighted by Gasteiger charge is 2.30. The summed E-state index contributed by atoms with van der Waals surface area (Å²) < 4.78 is 0. The molecule has 4 heteroatoms. The van der Waals surface area contributed by atoms with Crippen molar-refractivity contribution in [3.8, 4) is 0 Å². The molecule has 0 radical (unpaired) electrons. The lowest BCUT2D eigenvalue weighted by Gasteiger charge is -2.32. The second-order valence-corrected chi connectivity index (χ2v) is 9.30. The van der Waals surface area contributed by atoms with E-state index in [4.69, 9.17) is 19.9 Å². The van der Waals surface area contributed by atoms with Crippen molar-refractivity contribution in [2.45, 2.75) is 93.3 Å². The van der Waals surface area contributed by atoms with Gasteiger partial charge in [-0.3, -0.25) is 0 Å². The van der Waals surface area contributed by atoms with Gasteiger partial charge in [0.25, 0.3) is 0 Å². The van der Waals surface area contributed by atoms with Crippen molar-refractivity contribution < 1.29 is 19.9 Å². The van der Waals surface area contributed by atoms with E-state index in [9.17, 15) is 0 Å². The van der Waals surface area contributed by atoms with Crippen molar-refractivity contribution in [2.75, 3.05) is 0 Å². The molecule has 20 heavy (non-hydrogen) atoms. The first-order chi connectivity index (χ1) is 8.62. The molecule has 0 N–H and O–H groups in total. The number of rotatable bonds is 7. The Morgan fingerprint density at radius 2 is 0.750 bits per heavy atom. The Morgan fingerprint density at radius 1 is 0.500 bits per heavy atom. The quantitative estimate of drug-likeness (QED) is 0.365. The predicted molar refractivity (Wildman–Crippen MR) is 80.6 cm³/mol. The molecule has 0 fully saturated rings. The summed E-state index contributed by atoms with van der Waals surface area (Å²) in [6.45, 7) is 20.8. The van der Waals surface area contributed by atoms with E-state index in [1.54, 1.807) is 0 Å². The van der Waals surface area contributed by atoms with Gasteiger partial charge in [-0.2, -0.15) is 9.78 Å². The second kappa shape index (κ2) is 6.73. The summed E-state index contributed by atoms with van der Waals surface area (Å²) in [7, 11) is 0. The largest absolute Gasteiger partial charge is 0.198 e. The summed E-state index contributed by atoms with van der Waals surface area (Å²) >= 11 is 0. The normalized spacial score (nSPS) is 14.7. The maximum absolute atomic E-state index is 5.28. The lowest BCUT2D eigenvalue weighted by Crippen LogP contribution is -2.33. The SMILES string of the molecule is CC(C)(C)CC(C)(C)OOOOC(C)(C)CC(C)(C)C. The van der Waals surface area contributed by atoms with Crippen LogP contribution in [0.3, 0.4) is 0 Å². The first-order valence-electron chi connectivity index (χ1n) is 7.32. The van der Waals surface area contributed by atoms with Gasteiger partial charge in [0.05, 0.1) is 0 Å². The third kappa shape index (κ3) is 11.6. The van der Waals surface area contributed by atoms with E-state index in [0.29, 0.717) is 0 Å². The molecule has 0 aliphatic carbocycles. The molecule has 0 saturated carbocycles. The minimum Gasteiger partial charge on any atom is -0.198 e. The molecule has 0 heterocycles. The van der Waals surface area contributed by atoms with Gasteiger partial charge in [0.1, 0.15) is 11.2 Å². The number of hydrogen-bond donors (Lipinski definition) is 0. The molecule has 0 rings (SSSR count). The van der Waals surface area contributed by atoms with Crippen LogP contribution in [0.2, 0.25) is 0 Å². The highest BCUT2D eigenvalue weighted by molar-refractivity contribution is 4.76. The van der Waals surface area contributed by atoms with Crippen LogP contribution in [0.1, 0.15) is 82.1 Å². The van der Waals surface area contributed by atoms with E-state index in [1.807, 2.05) is 27.7 Å². The minimum absolute atomic E-state index is 0.152. The smallest absolute Gasteiger partial charge is 0.102 e. The lowest BCUT2D eigenvalue weighted by molar-refractivity contribution is -0.664. The topological polar surface area (TPSA) is 36.9 Å². The van der Waals surface area contributed by atoms with Gasteiger partial charge in [0, 0.05) is 0 Å². The van der Waals surface area contributed by atoms with E-state index in [0.717, 1.165) is 12.8 Å². The Labute approximate surface area is 124 Å². The van der Waals surface area contributed by atoms with Crippen LogP contribution in [-0.4, -0.2) is 11.2 Å². The Balaban J connectivity index is 4.08. The molecule has 0 aromatic carbocycles. The fourth-order valence-corrected chi connectivity index (χ4v) is 2.83. The van der Waals surface area contributed by atoms with Gasteiger partial charge in [0.2, 0.25) is 0 Å². The first-order valence-corrected chi connectivity index (χ1v) is 7.32. The molecular weight excluding hydrogens is 256 g/mol. The second-order valence-electron chi connectivity index (χ2n) is 9.30. The van der Waals surface area contributed by atoms with Crippen LogP contribution in [0.15, 0.2) is 0 Å². The van der Waals surface area contributed by atoms with E-state index >= 15 is 0 Å². The Kier molecular flexibility index (Phi) is 6.68. The van der Waals surface area contributed by atoms with Crippen molar-refractivity contribution >= 4 is 0 Å². The van der Waals surface area contributed by atoms with E-state index in [1.165, 1.54) is 0 Å². The summed E-state index contributed by atoms with van der Waals surface area (Å²) in [5, 5.41) is 9.54. The summed E-state index contributed by atoms with van der Waals surface area (Å²) in [6, 6.07) is 0. The summed E-state index contributed by atoms with van der Waals surface area (Å²) in [6.07, 6.45) is 1.68. The molecule has 0 atom stereocenters. The molecule has 0 saturated heterocycles. The van der Waals surface area contributed by atoms with Gasteiger partial charge >= 0.3 is 0 Å². The van der Waals surface area contributed by atoms with Crippen LogP contribution in [-0.2, 0) is 19.9 Å². The van der Waals surface area contributed by atoms with Gasteiger partial charge in [-0.15, -0.1) is 0 Å². The van der Waals surface area contributed by atoms with Gasteiger partial charge in [-0.1, -0.05) is 41.5 Å². The molecule has 0 aliphatic rings. The monoisotopic (exact) mass is 290 g/mol. The Hall–Kier alpha value is -0.160. The zero-order valence-electron chi connectivity index (χ0n) is 15.0. The lowest BCUT2D eigenvalue weighted by atomic mass is 9.84. The van der Waals surface area contributed by atoms with Crippen molar-refractivity contribution in [2.24, 2.45) is 10.8 Å². The van der Waals surface area contributed by atoms with E-state index in [2.05, 4.69) is 41.5 Å². The van der Waals surface area contributed by atoms with Crippen molar-refractivity contribution in [1.82, 2.24) is 0 Å². The van der Waals surface area contributed by atoms with Crippen LogP contribution >= 0.6 is 0 Å². The zero-order chi connectivity index (χ0) is 16.2. The predicted octanol–water partition coefficient (Wildman–Crippen LogP) is 5.23. The molecule has 0 bridgehead atoms. The fraction of sp³-hybridized carbons (Fsp3) is 1.00. The fourth-order valence-electron chi connectivity index (χ4n) is 2.83. The maximum atomic E-state index is 5.28. The molecule has 0 unspecified atom stereocenters. The summed E-state index contributed by atoms with van der Waals surface area (Å²) in [5.41, 5.74) is -0.565. The molecule has 0 aliphatic heterocycles. The molecule has 122 valence electrons. The van der Waals surface area contributed by atoms with Gasteiger partial charge < -0.3 is 0 Å². The average molecular weight is 290 g/mol. The number of hydrogen-bond acceptors (Lipinski definition) is 4. The van der Waals surface area contributed by atoms with Gasteiger partial charge in [0.15, 0.2) is 0 Å². The highest BCUT2D eigenvalue weighted by Crippen LogP contribution is 2.31. The third-order valence-electron chi connectivity index (χ3n) is 2.46. The van der Waals surface area contributed by atoms with E-state index < -0.39 is 11.2 Å². The average Bonchev–Trinajstić information content (AvgIpc) is 2.04. The molecule has 0 amide bonds. The van der Waals surface area contributed by atoms with Crippen LogP contribution < -0.4 is 0 Å². The molecule has 0 aromatic heterocycles. The molecule has 4 nitrogen and oxygen atoms in total. The highest BCUT2D eigenvalue weighted by atomic mass is 17.7. The van der Waals surface area contributed by atoms with Crippen LogP contribution in [0.5, 0.6) is 0 Å². The Bertz CT molecular complexity index is 252. The van der Waals surface area contributed by atoms with Crippen LogP contribution in [0, 0.1) is 10.8 Å². The standard InChI is InChI=1S/C16H34O4/c1-13(2,3)11-15(7,8)17-19-20-18-16(9,10)12-14(4,5)6/h11-12H2,1-10H3. The Morgan fingerprint density at radius 3 is 0.950 bits per heavy atom. The van der Waals surface area contributed by atoms with E-state index in [-0.39, 0.29) is 10.8 Å². The first kappa shape index (κ1) is 19.8. The zero-order valence-corrected chi connectivity index (χ0v) is 15.0. The minimum atomic E-state index is -0.435. The summed E-state index contributed by atoms with van der Waals surface area (Å²) in [5.74, 6) is 0. The van der Waals surface area contributed by atoms with Crippen molar-refractivity contribution in [1.29, 1.82) is 0 Å². The molecular formula is C16H34O4. The van der Waals surface area contributed by atoms with Gasteiger partial charge in [-0.25, -0.2) is 0 Å². The third-order valence-corrected chi connectivity index (χ3v) is 2.46. The van der Waals surface area contributed by atoms with Crippen LogP contribution in [0.4, 0.5) is 0 Å². The maximum Gasteiger partial charge on any atom is 0.102 e. The molecule has 0 aromatic rings. The molecule has 0 spiro atoms. The van der Waals surface area contributed by atoms with Gasteiger partial charge in [-0.05, 0) is 61.4 Å². The van der Waals surface area contributed by atoms with Crippen LogP contribution in [0.25, 0.3) is 0 Å². The van der Waals surface area contributed by atoms with Crippen molar-refractivity contribution in [3.05, 3.63) is 0 Å². The van der Waals surface area contributed by atoms with Crippen molar-refractivity contribution in [3.63, 3.8) is 0 Å².